The lowest BCUT2D eigenvalue weighted by molar-refractivity contribution is -0.122. The molecule has 1 unspecified atom stereocenters. The van der Waals surface area contributed by atoms with E-state index in [0.29, 0.717) is 6.61 Å². The number of rotatable bonds is 6. The molecular weight excluding hydrogens is 294 g/mol. The fourth-order valence-corrected chi connectivity index (χ4v) is 1.54. The molecule has 8 heteroatoms. The van der Waals surface area contributed by atoms with Crippen LogP contribution in [-0.4, -0.2) is 39.0 Å². The Balaban J connectivity index is 2.73. The Labute approximate surface area is 129 Å². The van der Waals surface area contributed by atoms with Gasteiger partial charge >= 0.3 is 6.01 Å². The molecule has 0 aliphatic rings. The van der Waals surface area contributed by atoms with Crippen LogP contribution < -0.4 is 15.4 Å². The Morgan fingerprint density at radius 1 is 1.33 bits per heavy atom. The number of hydrogen-bond donors (Lipinski definition) is 2. The third-order valence-corrected chi connectivity index (χ3v) is 2.43. The normalized spacial score (nSPS) is 12.7. The molecule has 1 rings (SSSR count). The van der Waals surface area contributed by atoms with Crippen molar-refractivity contribution in [2.24, 2.45) is 0 Å². The summed E-state index contributed by atoms with van der Waals surface area (Å²) in [5.41, 5.74) is -0.306. The van der Waals surface area contributed by atoms with Crippen molar-refractivity contribution in [3.63, 3.8) is 0 Å². The summed E-state index contributed by atoms with van der Waals surface area (Å²) in [5, 5.41) is 5.76. The molecule has 1 atom stereocenters. The van der Waals surface area contributed by atoms with Gasteiger partial charge in [0.15, 0.2) is 0 Å². The average molecular weight is 316 g/mol. The maximum atomic E-state index is 12.0. The highest BCUT2D eigenvalue weighted by Gasteiger charge is 2.20. The van der Waals surface area contributed by atoms with Gasteiger partial charge in [-0.1, -0.05) is 6.92 Å². The number of nitrogens with one attached hydrogen (secondary N) is 2. The lowest BCUT2D eigenvalue weighted by Crippen LogP contribution is -2.47. The maximum absolute atomic E-state index is 12.0. The van der Waals surface area contributed by atoms with Crippen molar-refractivity contribution in [2.75, 3.05) is 11.9 Å². The van der Waals surface area contributed by atoms with Gasteiger partial charge in [-0.2, -0.15) is 15.0 Å². The fourth-order valence-electron chi connectivity index (χ4n) is 1.39. The first kappa shape index (κ1) is 17.4. The summed E-state index contributed by atoms with van der Waals surface area (Å²) in [6, 6.07) is -0.371. The number of carbonyl (C=O) groups excluding carboxylic acids is 1. The van der Waals surface area contributed by atoms with Crippen LogP contribution in [0.4, 0.5) is 5.95 Å². The van der Waals surface area contributed by atoms with Crippen molar-refractivity contribution in [3.8, 4) is 6.01 Å². The van der Waals surface area contributed by atoms with E-state index in [0.717, 1.165) is 6.42 Å². The number of amides is 1. The topological polar surface area (TPSA) is 89.0 Å². The van der Waals surface area contributed by atoms with Crippen LogP contribution in [0.5, 0.6) is 6.01 Å². The van der Waals surface area contributed by atoms with E-state index in [1.54, 1.807) is 6.92 Å². The van der Waals surface area contributed by atoms with E-state index >= 15 is 0 Å². The van der Waals surface area contributed by atoms with Crippen LogP contribution in [0.2, 0.25) is 5.28 Å². The van der Waals surface area contributed by atoms with E-state index < -0.39 is 6.04 Å². The molecule has 0 saturated heterocycles. The van der Waals surface area contributed by atoms with E-state index in [4.69, 9.17) is 16.3 Å². The highest BCUT2D eigenvalue weighted by Crippen LogP contribution is 2.12. The van der Waals surface area contributed by atoms with Gasteiger partial charge in [-0.3, -0.25) is 4.79 Å². The van der Waals surface area contributed by atoms with E-state index in [1.807, 2.05) is 27.7 Å². The van der Waals surface area contributed by atoms with Gasteiger partial charge in [-0.15, -0.1) is 0 Å². The lowest BCUT2D eigenvalue weighted by Gasteiger charge is -2.23. The van der Waals surface area contributed by atoms with Crippen molar-refractivity contribution in [1.82, 2.24) is 20.3 Å². The van der Waals surface area contributed by atoms with Crippen molar-refractivity contribution >= 4 is 23.5 Å². The first-order valence-corrected chi connectivity index (χ1v) is 7.22. The zero-order chi connectivity index (χ0) is 16.0. The van der Waals surface area contributed by atoms with E-state index in [-0.39, 0.29) is 28.7 Å². The molecule has 118 valence electrons. The van der Waals surface area contributed by atoms with Gasteiger partial charge in [0.1, 0.15) is 6.04 Å². The molecule has 21 heavy (non-hydrogen) atoms. The molecule has 0 spiro atoms. The number of ether oxygens (including phenoxy) is 1. The lowest BCUT2D eigenvalue weighted by atomic mass is 10.1. The molecule has 0 radical (unpaired) electrons. The smallest absolute Gasteiger partial charge is 0.322 e. The SMILES string of the molecule is CCCOc1nc(Cl)nc(NC(C)C(=O)NC(C)(C)C)n1. The second-order valence-electron chi connectivity index (χ2n) is 5.66. The van der Waals surface area contributed by atoms with Crippen LogP contribution in [0, 0.1) is 0 Å². The third kappa shape index (κ3) is 6.57. The molecule has 0 fully saturated rings. The van der Waals surface area contributed by atoms with Crippen LogP contribution in [0.1, 0.15) is 41.0 Å². The maximum Gasteiger partial charge on any atom is 0.322 e. The van der Waals surface area contributed by atoms with Crippen molar-refractivity contribution in [1.29, 1.82) is 0 Å². The number of hydrogen-bond acceptors (Lipinski definition) is 6. The fraction of sp³-hybridized carbons (Fsp3) is 0.692. The molecular formula is C13H22ClN5O2. The van der Waals surface area contributed by atoms with Crippen LogP contribution in [0.25, 0.3) is 0 Å². The molecule has 1 amide bonds. The molecule has 0 saturated carbocycles. The quantitative estimate of drug-likeness (QED) is 0.835. The molecule has 1 aromatic rings. The molecule has 1 aromatic heterocycles. The Morgan fingerprint density at radius 3 is 2.57 bits per heavy atom. The minimum absolute atomic E-state index is 0.0158. The molecule has 1 heterocycles. The summed E-state index contributed by atoms with van der Waals surface area (Å²) < 4.78 is 5.31. The zero-order valence-electron chi connectivity index (χ0n) is 13.0. The Hall–Kier alpha value is -1.63. The Kier molecular flexibility index (Phi) is 6.14. The predicted octanol–water partition coefficient (Wildman–Crippen LogP) is 2.03. The summed E-state index contributed by atoms with van der Waals surface area (Å²) in [4.78, 5) is 23.9. The molecule has 0 bridgehead atoms. The monoisotopic (exact) mass is 315 g/mol. The Morgan fingerprint density at radius 2 is 2.00 bits per heavy atom. The summed E-state index contributed by atoms with van der Waals surface area (Å²) in [6.45, 7) is 9.91. The second-order valence-corrected chi connectivity index (χ2v) is 6.00. The summed E-state index contributed by atoms with van der Waals surface area (Å²) in [5.74, 6) is 0.0488. The first-order chi connectivity index (χ1) is 9.71. The number of aromatic nitrogens is 3. The largest absolute Gasteiger partial charge is 0.463 e. The molecule has 0 aliphatic carbocycles. The molecule has 0 aromatic carbocycles. The summed E-state index contributed by atoms with van der Waals surface area (Å²) in [6.07, 6.45) is 0.830. The minimum atomic E-state index is -0.512. The van der Waals surface area contributed by atoms with Crippen LogP contribution >= 0.6 is 11.6 Å². The third-order valence-electron chi connectivity index (χ3n) is 2.26. The average Bonchev–Trinajstić information content (AvgIpc) is 2.33. The first-order valence-electron chi connectivity index (χ1n) is 6.84. The molecule has 2 N–H and O–H groups in total. The van der Waals surface area contributed by atoms with Gasteiger partial charge in [0.05, 0.1) is 6.61 Å². The zero-order valence-corrected chi connectivity index (χ0v) is 13.8. The predicted molar refractivity (Wildman–Crippen MR) is 81.6 cm³/mol. The van der Waals surface area contributed by atoms with Crippen LogP contribution in [-0.2, 0) is 4.79 Å². The van der Waals surface area contributed by atoms with Crippen LogP contribution in [0.15, 0.2) is 0 Å². The van der Waals surface area contributed by atoms with Gasteiger partial charge < -0.3 is 15.4 Å². The molecule has 7 nitrogen and oxygen atoms in total. The van der Waals surface area contributed by atoms with Gasteiger partial charge in [0, 0.05) is 5.54 Å². The molecule has 0 aliphatic heterocycles. The van der Waals surface area contributed by atoms with E-state index in [1.165, 1.54) is 0 Å². The number of halogens is 1. The highest BCUT2D eigenvalue weighted by molar-refractivity contribution is 6.28. The standard InChI is InChI=1S/C13H22ClN5O2/c1-6-7-21-12-17-10(14)16-11(18-12)15-8(2)9(20)19-13(3,4)5/h8H,6-7H2,1-5H3,(H,19,20)(H,15,16,17,18). The van der Waals surface area contributed by atoms with Crippen molar-refractivity contribution in [2.45, 2.75) is 52.6 Å². The van der Waals surface area contributed by atoms with Gasteiger partial charge in [-0.25, -0.2) is 0 Å². The van der Waals surface area contributed by atoms with E-state index in [9.17, 15) is 4.79 Å². The number of anilines is 1. The van der Waals surface area contributed by atoms with Gasteiger partial charge in [0.2, 0.25) is 17.1 Å². The number of nitrogens with zero attached hydrogens (tertiary/aromatic N) is 3. The van der Waals surface area contributed by atoms with Crippen molar-refractivity contribution < 1.29 is 9.53 Å². The summed E-state index contributed by atoms with van der Waals surface area (Å²) in [7, 11) is 0. The van der Waals surface area contributed by atoms with Crippen LogP contribution in [0.3, 0.4) is 0 Å². The second kappa shape index (κ2) is 7.40. The minimum Gasteiger partial charge on any atom is -0.463 e. The highest BCUT2D eigenvalue weighted by atomic mass is 35.5. The van der Waals surface area contributed by atoms with E-state index in [2.05, 4.69) is 25.6 Å². The van der Waals surface area contributed by atoms with Crippen molar-refractivity contribution in [3.05, 3.63) is 5.28 Å². The van der Waals surface area contributed by atoms with Gasteiger partial charge in [0.25, 0.3) is 0 Å². The van der Waals surface area contributed by atoms with Gasteiger partial charge in [-0.05, 0) is 45.7 Å². The number of carbonyl (C=O) groups is 1. The summed E-state index contributed by atoms with van der Waals surface area (Å²) >= 11 is 5.82. The Bertz CT molecular complexity index is 490.